The van der Waals surface area contributed by atoms with Gasteiger partial charge in [-0.1, -0.05) is 12.1 Å². The van der Waals surface area contributed by atoms with E-state index in [-0.39, 0.29) is 17.5 Å². The third-order valence-electron chi connectivity index (χ3n) is 3.32. The van der Waals surface area contributed by atoms with Gasteiger partial charge in [-0.05, 0) is 42.3 Å². The molecule has 1 heterocycles. The molecular formula is C15H12F2N2. The van der Waals surface area contributed by atoms with E-state index in [2.05, 4.69) is 0 Å². The Morgan fingerprint density at radius 2 is 1.89 bits per heavy atom. The largest absolute Gasteiger partial charge is 0.319 e. The van der Waals surface area contributed by atoms with Gasteiger partial charge in [-0.25, -0.2) is 8.78 Å². The van der Waals surface area contributed by atoms with Crippen molar-refractivity contribution in [3.8, 4) is 0 Å². The Morgan fingerprint density at radius 1 is 1.11 bits per heavy atom. The second kappa shape index (κ2) is 4.16. The van der Waals surface area contributed by atoms with Crippen LogP contribution < -0.4 is 4.90 Å². The summed E-state index contributed by atoms with van der Waals surface area (Å²) in [4.78, 5) is 1.56. The summed E-state index contributed by atoms with van der Waals surface area (Å²) < 4.78 is 27.1. The number of nitrogens with zero attached hydrogens (tertiary/aromatic N) is 1. The van der Waals surface area contributed by atoms with E-state index in [1.807, 2.05) is 6.92 Å². The summed E-state index contributed by atoms with van der Waals surface area (Å²) in [7, 11) is 0. The van der Waals surface area contributed by atoms with E-state index in [0.717, 1.165) is 11.1 Å². The molecule has 0 amide bonds. The monoisotopic (exact) mass is 258 g/mol. The number of nitrogens with one attached hydrogen (secondary N) is 1. The number of fused-ring (bicyclic) bond motifs is 1. The maximum absolute atomic E-state index is 13.9. The molecule has 0 saturated heterocycles. The summed E-state index contributed by atoms with van der Waals surface area (Å²) >= 11 is 0. The van der Waals surface area contributed by atoms with Gasteiger partial charge >= 0.3 is 0 Å². The molecule has 0 atom stereocenters. The number of aryl methyl sites for hydroxylation is 1. The Kier molecular flexibility index (Phi) is 2.59. The lowest BCUT2D eigenvalue weighted by Gasteiger charge is -2.19. The summed E-state index contributed by atoms with van der Waals surface area (Å²) in [5.41, 5.74) is 2.65. The fraction of sp³-hybridized carbons (Fsp3) is 0.133. The molecule has 1 aliphatic rings. The summed E-state index contributed by atoms with van der Waals surface area (Å²) in [6, 6.07) is 9.11. The fourth-order valence-corrected chi connectivity index (χ4v) is 2.34. The lowest BCUT2D eigenvalue weighted by molar-refractivity contribution is 0.625. The van der Waals surface area contributed by atoms with E-state index in [9.17, 15) is 8.78 Å². The zero-order chi connectivity index (χ0) is 13.6. The van der Waals surface area contributed by atoms with Gasteiger partial charge in [0.15, 0.2) is 0 Å². The number of benzene rings is 2. The summed E-state index contributed by atoms with van der Waals surface area (Å²) in [5, 5.41) is 8.08. The van der Waals surface area contributed by atoms with Gasteiger partial charge in [-0.3, -0.25) is 5.41 Å². The van der Waals surface area contributed by atoms with Gasteiger partial charge in [-0.2, -0.15) is 0 Å². The molecule has 4 heteroatoms. The van der Waals surface area contributed by atoms with Crippen LogP contribution in [0, 0.1) is 24.0 Å². The standard InChI is InChI=1S/C15H12F2N2/c1-9-2-5-13(17)14(6-9)19-8-10-3-4-11(16)7-12(10)15(19)18/h2-7,18H,8H2,1H3. The summed E-state index contributed by atoms with van der Waals surface area (Å²) in [5.74, 6) is -0.613. The Bertz CT molecular complexity index is 680. The van der Waals surface area contributed by atoms with Crippen LogP contribution >= 0.6 is 0 Å². The molecule has 0 bridgehead atoms. The molecule has 0 fully saturated rings. The van der Waals surface area contributed by atoms with Crippen LogP contribution in [-0.4, -0.2) is 5.84 Å². The molecule has 2 nitrogen and oxygen atoms in total. The van der Waals surface area contributed by atoms with Crippen molar-refractivity contribution in [1.29, 1.82) is 5.41 Å². The third-order valence-corrected chi connectivity index (χ3v) is 3.32. The van der Waals surface area contributed by atoms with Crippen LogP contribution in [-0.2, 0) is 6.54 Å². The average molecular weight is 258 g/mol. The van der Waals surface area contributed by atoms with Gasteiger partial charge < -0.3 is 4.90 Å². The number of halogens is 2. The normalized spacial score (nSPS) is 13.8. The van der Waals surface area contributed by atoms with E-state index in [1.165, 1.54) is 18.2 Å². The van der Waals surface area contributed by atoms with E-state index in [1.54, 1.807) is 23.1 Å². The molecular weight excluding hydrogens is 246 g/mol. The van der Waals surface area contributed by atoms with Crippen molar-refractivity contribution in [1.82, 2.24) is 0 Å². The second-order valence-electron chi connectivity index (χ2n) is 4.69. The molecule has 0 aliphatic carbocycles. The highest BCUT2D eigenvalue weighted by Crippen LogP contribution is 2.30. The van der Waals surface area contributed by atoms with Crippen LogP contribution in [0.5, 0.6) is 0 Å². The zero-order valence-corrected chi connectivity index (χ0v) is 10.4. The first-order valence-corrected chi connectivity index (χ1v) is 5.97. The van der Waals surface area contributed by atoms with Crippen LogP contribution in [0.4, 0.5) is 14.5 Å². The van der Waals surface area contributed by atoms with Crippen LogP contribution in [0.15, 0.2) is 36.4 Å². The van der Waals surface area contributed by atoms with Crippen molar-refractivity contribution in [3.05, 3.63) is 64.7 Å². The Labute approximate surface area is 109 Å². The summed E-state index contributed by atoms with van der Waals surface area (Å²) in [6.45, 7) is 2.27. The van der Waals surface area contributed by atoms with Gasteiger partial charge in [0, 0.05) is 5.56 Å². The topological polar surface area (TPSA) is 27.1 Å². The number of anilines is 1. The predicted octanol–water partition coefficient (Wildman–Crippen LogP) is 3.62. The molecule has 0 radical (unpaired) electrons. The second-order valence-corrected chi connectivity index (χ2v) is 4.69. The number of rotatable bonds is 1. The van der Waals surface area contributed by atoms with E-state index >= 15 is 0 Å². The van der Waals surface area contributed by atoms with Crippen LogP contribution in [0.3, 0.4) is 0 Å². The van der Waals surface area contributed by atoms with Gasteiger partial charge in [0.2, 0.25) is 0 Å². The highest BCUT2D eigenvalue weighted by atomic mass is 19.1. The van der Waals surface area contributed by atoms with E-state index in [0.29, 0.717) is 17.8 Å². The predicted molar refractivity (Wildman–Crippen MR) is 70.5 cm³/mol. The SMILES string of the molecule is Cc1ccc(F)c(N2Cc3ccc(F)cc3C2=N)c1. The molecule has 2 aromatic carbocycles. The minimum Gasteiger partial charge on any atom is -0.319 e. The quantitative estimate of drug-likeness (QED) is 0.831. The first-order chi connectivity index (χ1) is 9.06. The van der Waals surface area contributed by atoms with Crippen molar-refractivity contribution in [2.75, 3.05) is 4.90 Å². The summed E-state index contributed by atoms with van der Waals surface area (Å²) in [6.07, 6.45) is 0. The molecule has 1 N–H and O–H groups in total. The molecule has 0 spiro atoms. The third kappa shape index (κ3) is 1.89. The Morgan fingerprint density at radius 3 is 2.68 bits per heavy atom. The van der Waals surface area contributed by atoms with Crippen molar-refractivity contribution in [2.24, 2.45) is 0 Å². The zero-order valence-electron chi connectivity index (χ0n) is 10.4. The minimum absolute atomic E-state index is 0.138. The number of amidine groups is 1. The van der Waals surface area contributed by atoms with Gasteiger partial charge in [0.05, 0.1) is 12.2 Å². The van der Waals surface area contributed by atoms with Crippen molar-refractivity contribution in [2.45, 2.75) is 13.5 Å². The molecule has 0 saturated carbocycles. The molecule has 1 aliphatic heterocycles. The molecule has 0 aromatic heterocycles. The van der Waals surface area contributed by atoms with Gasteiger partial charge in [0.1, 0.15) is 17.5 Å². The Hall–Kier alpha value is -2.23. The molecule has 0 unspecified atom stereocenters. The fourth-order valence-electron chi connectivity index (χ4n) is 2.34. The molecule has 19 heavy (non-hydrogen) atoms. The minimum atomic E-state index is -0.380. The lowest BCUT2D eigenvalue weighted by Crippen LogP contribution is -2.24. The molecule has 3 rings (SSSR count). The van der Waals surface area contributed by atoms with Crippen LogP contribution in [0.2, 0.25) is 0 Å². The highest BCUT2D eigenvalue weighted by Gasteiger charge is 2.27. The van der Waals surface area contributed by atoms with E-state index < -0.39 is 0 Å². The van der Waals surface area contributed by atoms with E-state index in [4.69, 9.17) is 5.41 Å². The van der Waals surface area contributed by atoms with Crippen LogP contribution in [0.1, 0.15) is 16.7 Å². The van der Waals surface area contributed by atoms with Crippen LogP contribution in [0.25, 0.3) is 0 Å². The number of hydrogen-bond donors (Lipinski definition) is 1. The lowest BCUT2D eigenvalue weighted by atomic mass is 10.1. The van der Waals surface area contributed by atoms with Gasteiger partial charge in [-0.15, -0.1) is 0 Å². The smallest absolute Gasteiger partial charge is 0.146 e. The van der Waals surface area contributed by atoms with Crippen molar-refractivity contribution < 1.29 is 8.78 Å². The maximum atomic E-state index is 13.9. The highest BCUT2D eigenvalue weighted by molar-refractivity contribution is 6.11. The number of hydrogen-bond acceptors (Lipinski definition) is 1. The maximum Gasteiger partial charge on any atom is 0.146 e. The molecule has 96 valence electrons. The average Bonchev–Trinajstić information content (AvgIpc) is 2.70. The first-order valence-electron chi connectivity index (χ1n) is 5.97. The van der Waals surface area contributed by atoms with Crippen molar-refractivity contribution in [3.63, 3.8) is 0 Å². The molecule has 2 aromatic rings. The van der Waals surface area contributed by atoms with Crippen molar-refractivity contribution >= 4 is 11.5 Å². The first kappa shape index (κ1) is 11.8. The Balaban J connectivity index is 2.06. The van der Waals surface area contributed by atoms with Gasteiger partial charge in [0.25, 0.3) is 0 Å².